The normalized spacial score (nSPS) is 19.0. The molecule has 1 N–H and O–H groups in total. The van der Waals surface area contributed by atoms with Gasteiger partial charge in [0, 0.05) is 49.2 Å². The van der Waals surface area contributed by atoms with Crippen molar-refractivity contribution in [2.75, 3.05) is 24.5 Å². The van der Waals surface area contributed by atoms with Gasteiger partial charge in [0.1, 0.15) is 0 Å². The average Bonchev–Trinajstić information content (AvgIpc) is 2.75. The first-order valence-corrected chi connectivity index (χ1v) is 7.40. The Balaban J connectivity index is 1.82. The number of hydrogen-bond donors (Lipinski definition) is 1. The molecule has 116 valence electrons. The fraction of sp³-hybridized carbons (Fsp3) is 0.375. The van der Waals surface area contributed by atoms with Gasteiger partial charge in [-0.05, 0) is 19.4 Å². The Morgan fingerprint density at radius 3 is 2.73 bits per heavy atom. The van der Waals surface area contributed by atoms with Crippen molar-refractivity contribution in [2.45, 2.75) is 19.4 Å². The minimum absolute atomic E-state index is 0.178. The zero-order valence-corrected chi connectivity index (χ0v) is 12.4. The Bertz CT molecular complexity index is 645. The van der Waals surface area contributed by atoms with Crippen LogP contribution in [0.25, 0.3) is 11.1 Å². The number of benzene rings is 1. The topological polar surface area (TPSA) is 41.1 Å². The van der Waals surface area contributed by atoms with Crippen molar-refractivity contribution in [1.29, 1.82) is 0 Å². The van der Waals surface area contributed by atoms with E-state index in [0.29, 0.717) is 17.6 Å². The molecular formula is C16H18F2N4. The second-order valence-corrected chi connectivity index (χ2v) is 5.50. The maximum absolute atomic E-state index is 13.8. The van der Waals surface area contributed by atoms with Gasteiger partial charge in [-0.2, -0.15) is 0 Å². The fourth-order valence-electron chi connectivity index (χ4n) is 2.56. The van der Waals surface area contributed by atoms with Gasteiger partial charge in [-0.15, -0.1) is 0 Å². The molecule has 22 heavy (non-hydrogen) atoms. The standard InChI is InChI=1S/C16H18F2N4/c1-11-5-7-22(8-6-19-11)16-20-9-12(10-21-16)13-3-2-4-14(17)15(13)18/h2-4,9-11,19H,5-8H2,1H3. The van der Waals surface area contributed by atoms with E-state index in [1.807, 2.05) is 0 Å². The molecule has 1 aliphatic heterocycles. The van der Waals surface area contributed by atoms with E-state index >= 15 is 0 Å². The van der Waals surface area contributed by atoms with Crippen molar-refractivity contribution >= 4 is 5.95 Å². The predicted molar refractivity (Wildman–Crippen MR) is 81.7 cm³/mol. The van der Waals surface area contributed by atoms with Crippen molar-refractivity contribution < 1.29 is 8.78 Å². The number of hydrogen-bond acceptors (Lipinski definition) is 4. The second kappa shape index (κ2) is 6.36. The van der Waals surface area contributed by atoms with Gasteiger partial charge in [0.15, 0.2) is 11.6 Å². The molecule has 2 aromatic rings. The van der Waals surface area contributed by atoms with Gasteiger partial charge in [0.2, 0.25) is 5.95 Å². The van der Waals surface area contributed by atoms with E-state index < -0.39 is 11.6 Å². The van der Waals surface area contributed by atoms with Crippen molar-refractivity contribution in [2.24, 2.45) is 0 Å². The van der Waals surface area contributed by atoms with Crippen LogP contribution in [0.1, 0.15) is 13.3 Å². The van der Waals surface area contributed by atoms with E-state index in [0.717, 1.165) is 32.1 Å². The van der Waals surface area contributed by atoms with Crippen LogP contribution in [0.4, 0.5) is 14.7 Å². The number of nitrogens with one attached hydrogen (secondary N) is 1. The molecule has 1 aromatic heterocycles. The number of aromatic nitrogens is 2. The summed E-state index contributed by atoms with van der Waals surface area (Å²) in [5, 5.41) is 3.41. The van der Waals surface area contributed by atoms with Gasteiger partial charge in [0.25, 0.3) is 0 Å². The highest BCUT2D eigenvalue weighted by atomic mass is 19.2. The summed E-state index contributed by atoms with van der Waals surface area (Å²) in [4.78, 5) is 10.7. The predicted octanol–water partition coefficient (Wildman–Crippen LogP) is 2.61. The minimum atomic E-state index is -0.869. The first kappa shape index (κ1) is 14.8. The van der Waals surface area contributed by atoms with Crippen LogP contribution in [-0.2, 0) is 0 Å². The van der Waals surface area contributed by atoms with Crippen LogP contribution in [-0.4, -0.2) is 35.6 Å². The van der Waals surface area contributed by atoms with E-state index in [-0.39, 0.29) is 5.56 Å². The summed E-state index contributed by atoms with van der Waals surface area (Å²) in [6.45, 7) is 4.74. The van der Waals surface area contributed by atoms with E-state index in [1.54, 1.807) is 12.4 Å². The summed E-state index contributed by atoms with van der Waals surface area (Å²) < 4.78 is 27.1. The Hall–Kier alpha value is -2.08. The maximum Gasteiger partial charge on any atom is 0.225 e. The number of rotatable bonds is 2. The molecule has 1 saturated heterocycles. The lowest BCUT2D eigenvalue weighted by Gasteiger charge is -2.19. The van der Waals surface area contributed by atoms with Crippen molar-refractivity contribution in [3.05, 3.63) is 42.2 Å². The molecule has 1 aromatic carbocycles. The highest BCUT2D eigenvalue weighted by Crippen LogP contribution is 2.24. The van der Waals surface area contributed by atoms with Crippen molar-refractivity contribution in [1.82, 2.24) is 15.3 Å². The van der Waals surface area contributed by atoms with Crippen LogP contribution < -0.4 is 10.2 Å². The molecule has 4 nitrogen and oxygen atoms in total. The smallest absolute Gasteiger partial charge is 0.225 e. The third-order valence-corrected chi connectivity index (χ3v) is 3.89. The van der Waals surface area contributed by atoms with E-state index in [1.165, 1.54) is 12.1 Å². The molecule has 3 rings (SSSR count). The largest absolute Gasteiger partial charge is 0.339 e. The lowest BCUT2D eigenvalue weighted by molar-refractivity contribution is 0.511. The van der Waals surface area contributed by atoms with Crippen molar-refractivity contribution in [3.8, 4) is 11.1 Å². The molecule has 0 bridgehead atoms. The summed E-state index contributed by atoms with van der Waals surface area (Å²) in [5.74, 6) is -1.11. The van der Waals surface area contributed by atoms with Crippen molar-refractivity contribution in [3.63, 3.8) is 0 Å². The van der Waals surface area contributed by atoms with Crippen LogP contribution in [0.3, 0.4) is 0 Å². The molecule has 2 heterocycles. The van der Waals surface area contributed by atoms with Gasteiger partial charge in [-0.3, -0.25) is 0 Å². The summed E-state index contributed by atoms with van der Waals surface area (Å²) in [5.41, 5.74) is 0.653. The molecule has 1 atom stereocenters. The summed E-state index contributed by atoms with van der Waals surface area (Å²) in [6, 6.07) is 4.57. The quantitative estimate of drug-likeness (QED) is 0.926. The Morgan fingerprint density at radius 1 is 1.18 bits per heavy atom. The molecule has 1 unspecified atom stereocenters. The molecule has 1 aliphatic rings. The summed E-state index contributed by atoms with van der Waals surface area (Å²) in [6.07, 6.45) is 4.10. The molecule has 0 spiro atoms. The zero-order valence-electron chi connectivity index (χ0n) is 12.4. The monoisotopic (exact) mass is 304 g/mol. The first-order chi connectivity index (χ1) is 10.6. The Kier molecular flexibility index (Phi) is 4.29. The van der Waals surface area contributed by atoms with E-state index in [9.17, 15) is 8.78 Å². The molecule has 0 saturated carbocycles. The molecule has 0 aliphatic carbocycles. The highest BCUT2D eigenvalue weighted by molar-refractivity contribution is 5.62. The van der Waals surface area contributed by atoms with Crippen LogP contribution >= 0.6 is 0 Å². The first-order valence-electron chi connectivity index (χ1n) is 7.40. The van der Waals surface area contributed by atoms with Gasteiger partial charge < -0.3 is 10.2 Å². The van der Waals surface area contributed by atoms with Crippen LogP contribution in [0.2, 0.25) is 0 Å². The van der Waals surface area contributed by atoms with Gasteiger partial charge in [-0.25, -0.2) is 18.7 Å². The SMILES string of the molecule is CC1CCN(c2ncc(-c3cccc(F)c3F)cn2)CCN1. The Morgan fingerprint density at radius 2 is 1.95 bits per heavy atom. The summed E-state index contributed by atoms with van der Waals surface area (Å²) >= 11 is 0. The minimum Gasteiger partial charge on any atom is -0.339 e. The Labute approximate surface area is 128 Å². The third-order valence-electron chi connectivity index (χ3n) is 3.89. The van der Waals surface area contributed by atoms with E-state index in [4.69, 9.17) is 0 Å². The maximum atomic E-state index is 13.8. The van der Waals surface area contributed by atoms with Gasteiger partial charge in [-0.1, -0.05) is 12.1 Å². The third kappa shape index (κ3) is 3.06. The lowest BCUT2D eigenvalue weighted by atomic mass is 10.1. The number of nitrogens with zero attached hydrogens (tertiary/aromatic N) is 3. The lowest BCUT2D eigenvalue weighted by Crippen LogP contribution is -2.30. The van der Waals surface area contributed by atoms with E-state index in [2.05, 4.69) is 27.1 Å². The molecular weight excluding hydrogens is 286 g/mol. The zero-order chi connectivity index (χ0) is 15.5. The highest BCUT2D eigenvalue weighted by Gasteiger charge is 2.16. The molecule has 6 heteroatoms. The average molecular weight is 304 g/mol. The molecule has 0 radical (unpaired) electrons. The summed E-state index contributed by atoms with van der Waals surface area (Å²) in [7, 11) is 0. The number of anilines is 1. The van der Waals surface area contributed by atoms with Gasteiger partial charge >= 0.3 is 0 Å². The molecule has 0 amide bonds. The molecule has 1 fully saturated rings. The van der Waals surface area contributed by atoms with Gasteiger partial charge in [0.05, 0.1) is 0 Å². The number of halogens is 2. The van der Waals surface area contributed by atoms with Crippen LogP contribution in [0.15, 0.2) is 30.6 Å². The fourth-order valence-corrected chi connectivity index (χ4v) is 2.56. The second-order valence-electron chi connectivity index (χ2n) is 5.50. The van der Waals surface area contributed by atoms with Crippen LogP contribution in [0.5, 0.6) is 0 Å². The van der Waals surface area contributed by atoms with Crippen LogP contribution in [0, 0.1) is 11.6 Å².